The monoisotopic (exact) mass is 301 g/mol. The summed E-state index contributed by atoms with van der Waals surface area (Å²) in [6, 6.07) is 3.11. The van der Waals surface area contributed by atoms with Crippen LogP contribution >= 0.6 is 0 Å². The van der Waals surface area contributed by atoms with Crippen LogP contribution in [0, 0.1) is 0 Å². The summed E-state index contributed by atoms with van der Waals surface area (Å²) in [7, 11) is -1.55. The highest BCUT2D eigenvalue weighted by molar-refractivity contribution is 7.89. The maximum Gasteiger partial charge on any atom is 0.276 e. The van der Waals surface area contributed by atoms with Gasteiger partial charge in [0.05, 0.1) is 6.54 Å². The zero-order chi connectivity index (χ0) is 14.8. The Morgan fingerprint density at radius 1 is 1.40 bits per heavy atom. The van der Waals surface area contributed by atoms with E-state index in [9.17, 15) is 8.42 Å². The first-order chi connectivity index (χ1) is 9.48. The minimum absolute atomic E-state index is 0.000882. The Hall–Kier alpha value is -0.890. The van der Waals surface area contributed by atoms with Gasteiger partial charge in [-0.05, 0) is 38.6 Å². The van der Waals surface area contributed by atoms with Crippen LogP contribution in [-0.4, -0.2) is 50.3 Å². The first kappa shape index (κ1) is 15.5. The van der Waals surface area contributed by atoms with Gasteiger partial charge in [-0.3, -0.25) is 0 Å². The number of nitrogens with two attached hydrogens (primary N) is 1. The lowest BCUT2D eigenvalue weighted by Gasteiger charge is -2.28. The van der Waals surface area contributed by atoms with Gasteiger partial charge in [0.25, 0.3) is 10.0 Å². The molecule has 1 atom stereocenters. The third-order valence-electron chi connectivity index (χ3n) is 3.72. The number of nitrogens with zero attached hydrogens (tertiary/aromatic N) is 2. The summed E-state index contributed by atoms with van der Waals surface area (Å²) >= 11 is 0. The molecule has 1 aliphatic rings. The van der Waals surface area contributed by atoms with Crippen LogP contribution in [0.4, 0.5) is 0 Å². The molecule has 2 rings (SSSR count). The van der Waals surface area contributed by atoms with Crippen LogP contribution in [0.3, 0.4) is 0 Å². The molecule has 1 aromatic rings. The second kappa shape index (κ2) is 6.26. The fourth-order valence-corrected chi connectivity index (χ4v) is 4.25. The van der Waals surface area contributed by atoms with Crippen LogP contribution in [0.15, 0.2) is 21.6 Å². The zero-order valence-electron chi connectivity index (χ0n) is 12.1. The second-order valence-electron chi connectivity index (χ2n) is 5.22. The third kappa shape index (κ3) is 3.06. The summed E-state index contributed by atoms with van der Waals surface area (Å²) in [4.78, 5) is 2.18. The Balaban J connectivity index is 2.30. The fourth-order valence-electron chi connectivity index (χ4n) is 2.59. The Morgan fingerprint density at radius 3 is 2.75 bits per heavy atom. The molecule has 0 bridgehead atoms. The normalized spacial score (nSPS) is 22.9. The highest BCUT2D eigenvalue weighted by atomic mass is 32.2. The van der Waals surface area contributed by atoms with Crippen molar-refractivity contribution in [3.05, 3.63) is 17.9 Å². The van der Waals surface area contributed by atoms with Crippen molar-refractivity contribution < 1.29 is 12.8 Å². The molecule has 1 aliphatic heterocycles. The number of hydrogen-bond donors (Lipinski definition) is 1. The van der Waals surface area contributed by atoms with Crippen LogP contribution in [-0.2, 0) is 16.6 Å². The van der Waals surface area contributed by atoms with Crippen molar-refractivity contribution in [3.8, 4) is 0 Å². The van der Waals surface area contributed by atoms with Crippen molar-refractivity contribution in [1.82, 2.24) is 9.21 Å². The number of hydrogen-bond acceptors (Lipinski definition) is 5. The van der Waals surface area contributed by atoms with Crippen molar-refractivity contribution in [1.29, 1.82) is 0 Å². The van der Waals surface area contributed by atoms with Crippen LogP contribution in [0.25, 0.3) is 0 Å². The SMILES string of the molecule is CCC1CN(C)CCCN1S(=O)(=O)c1ccc(CN)o1. The summed E-state index contributed by atoms with van der Waals surface area (Å²) in [5.74, 6) is 0.489. The number of rotatable bonds is 4. The smallest absolute Gasteiger partial charge is 0.276 e. The van der Waals surface area contributed by atoms with Gasteiger partial charge in [0.2, 0.25) is 5.09 Å². The van der Waals surface area contributed by atoms with Gasteiger partial charge in [0, 0.05) is 19.1 Å². The maximum atomic E-state index is 12.7. The van der Waals surface area contributed by atoms with E-state index in [1.807, 2.05) is 14.0 Å². The van der Waals surface area contributed by atoms with E-state index in [0.717, 1.165) is 25.9 Å². The summed E-state index contributed by atoms with van der Waals surface area (Å²) in [6.07, 6.45) is 1.62. The largest absolute Gasteiger partial charge is 0.447 e. The molecule has 6 nitrogen and oxygen atoms in total. The molecule has 1 fully saturated rings. The number of likely N-dealkylation sites (N-methyl/N-ethyl adjacent to an activating group) is 1. The molecule has 114 valence electrons. The molecule has 0 aromatic carbocycles. The highest BCUT2D eigenvalue weighted by Gasteiger charge is 2.34. The topological polar surface area (TPSA) is 79.8 Å². The molecular weight excluding hydrogens is 278 g/mol. The van der Waals surface area contributed by atoms with E-state index in [1.165, 1.54) is 6.07 Å². The minimum atomic E-state index is -3.57. The Labute approximate surface area is 120 Å². The standard InChI is InChI=1S/C13H23N3O3S/c1-3-11-10-15(2)7-4-8-16(11)20(17,18)13-6-5-12(9-14)19-13/h5-6,11H,3-4,7-10,14H2,1-2H3. The first-order valence-electron chi connectivity index (χ1n) is 6.98. The maximum absolute atomic E-state index is 12.7. The molecule has 1 saturated heterocycles. The molecule has 20 heavy (non-hydrogen) atoms. The molecule has 0 saturated carbocycles. The predicted octanol–water partition coefficient (Wildman–Crippen LogP) is 0.843. The van der Waals surface area contributed by atoms with E-state index in [0.29, 0.717) is 12.3 Å². The van der Waals surface area contributed by atoms with Crippen LogP contribution in [0.1, 0.15) is 25.5 Å². The van der Waals surface area contributed by atoms with Crippen LogP contribution in [0.5, 0.6) is 0 Å². The Bertz CT molecular complexity index is 541. The van der Waals surface area contributed by atoms with Crippen molar-refractivity contribution in [2.75, 3.05) is 26.7 Å². The lowest BCUT2D eigenvalue weighted by molar-refractivity contribution is 0.265. The molecule has 0 spiro atoms. The van der Waals surface area contributed by atoms with Gasteiger partial charge in [-0.2, -0.15) is 4.31 Å². The lowest BCUT2D eigenvalue weighted by Crippen LogP contribution is -2.43. The van der Waals surface area contributed by atoms with Gasteiger partial charge in [-0.15, -0.1) is 0 Å². The van der Waals surface area contributed by atoms with Gasteiger partial charge in [-0.25, -0.2) is 8.42 Å². The summed E-state index contributed by atoms with van der Waals surface area (Å²) in [5, 5.41) is 0.000882. The fraction of sp³-hybridized carbons (Fsp3) is 0.692. The van der Waals surface area contributed by atoms with E-state index < -0.39 is 10.0 Å². The molecule has 0 amide bonds. The summed E-state index contributed by atoms with van der Waals surface area (Å²) in [5.41, 5.74) is 5.47. The Morgan fingerprint density at radius 2 is 2.15 bits per heavy atom. The van der Waals surface area contributed by atoms with Gasteiger partial charge < -0.3 is 15.1 Å². The number of furan rings is 1. The second-order valence-corrected chi connectivity index (χ2v) is 7.04. The average molecular weight is 301 g/mol. The molecule has 1 unspecified atom stereocenters. The van der Waals surface area contributed by atoms with Crippen molar-refractivity contribution in [2.45, 2.75) is 37.4 Å². The Kier molecular flexibility index (Phi) is 4.85. The molecule has 7 heteroatoms. The quantitative estimate of drug-likeness (QED) is 0.891. The molecule has 0 aliphatic carbocycles. The number of sulfonamides is 1. The van der Waals surface area contributed by atoms with Gasteiger partial charge >= 0.3 is 0 Å². The van der Waals surface area contributed by atoms with Gasteiger partial charge in [-0.1, -0.05) is 6.92 Å². The van der Waals surface area contributed by atoms with E-state index >= 15 is 0 Å². The van der Waals surface area contributed by atoms with Crippen LogP contribution in [0.2, 0.25) is 0 Å². The average Bonchev–Trinajstić information content (AvgIpc) is 2.83. The van der Waals surface area contributed by atoms with Crippen molar-refractivity contribution in [3.63, 3.8) is 0 Å². The van der Waals surface area contributed by atoms with Crippen LogP contribution < -0.4 is 5.73 Å². The zero-order valence-corrected chi connectivity index (χ0v) is 12.9. The summed E-state index contributed by atoms with van der Waals surface area (Å²) in [6.45, 7) is 4.41. The molecule has 2 heterocycles. The third-order valence-corrected chi connectivity index (χ3v) is 5.55. The molecule has 1 aromatic heterocycles. The van der Waals surface area contributed by atoms with E-state index in [-0.39, 0.29) is 17.7 Å². The highest BCUT2D eigenvalue weighted by Crippen LogP contribution is 2.24. The predicted molar refractivity (Wildman–Crippen MR) is 76.7 cm³/mol. The summed E-state index contributed by atoms with van der Waals surface area (Å²) < 4.78 is 32.4. The lowest BCUT2D eigenvalue weighted by atomic mass is 10.2. The van der Waals surface area contributed by atoms with Gasteiger partial charge in [0.1, 0.15) is 5.76 Å². The van der Waals surface area contributed by atoms with Crippen molar-refractivity contribution >= 4 is 10.0 Å². The minimum Gasteiger partial charge on any atom is -0.447 e. The van der Waals surface area contributed by atoms with E-state index in [4.69, 9.17) is 10.2 Å². The van der Waals surface area contributed by atoms with E-state index in [2.05, 4.69) is 4.90 Å². The molecule has 0 radical (unpaired) electrons. The van der Waals surface area contributed by atoms with Crippen molar-refractivity contribution in [2.24, 2.45) is 5.73 Å². The molecule has 2 N–H and O–H groups in total. The van der Waals surface area contributed by atoms with Gasteiger partial charge in [0.15, 0.2) is 0 Å². The molecular formula is C13H23N3O3S. The van der Waals surface area contributed by atoms with E-state index in [1.54, 1.807) is 10.4 Å². The first-order valence-corrected chi connectivity index (χ1v) is 8.42.